The Labute approximate surface area is 335 Å². The van der Waals surface area contributed by atoms with Gasteiger partial charge < -0.3 is 4.90 Å². The summed E-state index contributed by atoms with van der Waals surface area (Å²) in [5, 5.41) is 2.50. The lowest BCUT2D eigenvalue weighted by Crippen LogP contribution is -2.28. The molecule has 0 spiro atoms. The average Bonchev–Trinajstić information content (AvgIpc) is 3.69. The predicted octanol–water partition coefficient (Wildman–Crippen LogP) is 14.6. The summed E-state index contributed by atoms with van der Waals surface area (Å²) < 4.78 is 0. The summed E-state index contributed by atoms with van der Waals surface area (Å²) in [6.45, 7) is 4.72. The minimum Gasteiger partial charge on any atom is -0.310 e. The average molecular weight is 728 g/mol. The Morgan fingerprint density at radius 2 is 0.789 bits per heavy atom. The molecule has 0 aromatic heterocycles. The molecule has 11 rings (SSSR count). The third kappa shape index (κ3) is 5.02. The van der Waals surface area contributed by atoms with Gasteiger partial charge in [-0.2, -0.15) is 0 Å². The van der Waals surface area contributed by atoms with Crippen molar-refractivity contribution < 1.29 is 0 Å². The van der Waals surface area contributed by atoms with E-state index < -0.39 is 5.41 Å². The second-order valence-corrected chi connectivity index (χ2v) is 16.1. The van der Waals surface area contributed by atoms with E-state index in [0.29, 0.717) is 0 Å². The van der Waals surface area contributed by atoms with Crippen molar-refractivity contribution in [3.63, 3.8) is 0 Å². The maximum Gasteiger partial charge on any atom is 0.0713 e. The Balaban J connectivity index is 1.08. The van der Waals surface area contributed by atoms with Crippen LogP contribution in [0.3, 0.4) is 0 Å². The molecule has 2 aliphatic rings. The van der Waals surface area contributed by atoms with Crippen LogP contribution in [0.2, 0.25) is 0 Å². The molecule has 0 bridgehead atoms. The molecule has 0 saturated heterocycles. The molecule has 0 fully saturated rings. The second kappa shape index (κ2) is 12.8. The zero-order valence-corrected chi connectivity index (χ0v) is 32.2. The lowest BCUT2D eigenvalue weighted by atomic mass is 9.68. The van der Waals surface area contributed by atoms with Crippen LogP contribution in [0.1, 0.15) is 47.2 Å². The Bertz CT molecular complexity index is 2910. The van der Waals surface area contributed by atoms with E-state index in [2.05, 4.69) is 231 Å². The predicted molar refractivity (Wildman–Crippen MR) is 239 cm³/mol. The van der Waals surface area contributed by atoms with E-state index in [4.69, 9.17) is 0 Å². The molecule has 0 heterocycles. The van der Waals surface area contributed by atoms with Gasteiger partial charge in [0.2, 0.25) is 0 Å². The Morgan fingerprint density at radius 1 is 0.316 bits per heavy atom. The van der Waals surface area contributed by atoms with Crippen LogP contribution in [0.25, 0.3) is 44.2 Å². The van der Waals surface area contributed by atoms with Gasteiger partial charge >= 0.3 is 0 Å². The molecule has 0 saturated carbocycles. The van der Waals surface area contributed by atoms with Crippen molar-refractivity contribution in [1.29, 1.82) is 0 Å². The number of anilines is 3. The highest BCUT2D eigenvalue weighted by atomic mass is 15.1. The summed E-state index contributed by atoms with van der Waals surface area (Å²) in [5.74, 6) is 0. The van der Waals surface area contributed by atoms with Gasteiger partial charge in [-0.3, -0.25) is 0 Å². The first-order valence-electron chi connectivity index (χ1n) is 20.0. The molecule has 9 aromatic carbocycles. The molecule has 9 aromatic rings. The van der Waals surface area contributed by atoms with Crippen molar-refractivity contribution in [3.05, 3.63) is 246 Å². The first kappa shape index (κ1) is 33.4. The summed E-state index contributed by atoms with van der Waals surface area (Å²) in [6, 6.07) is 78.7. The standard InChI is InChI=1S/C56H41N/c1-55(2)51-22-12-9-21-49(51)50-36-40-27-32-46(35-41(40)37-54(50)55)57(44-30-25-39(26-31-44)38-15-5-3-6-16-38)45-33-28-43(29-34-45)56(42-17-7-4-8-18-42)52-23-13-10-19-47(52)48-20-11-14-24-53(48)56/h3-37H,1-2H3. The number of nitrogens with zero attached hydrogens (tertiary/aromatic N) is 1. The van der Waals surface area contributed by atoms with Crippen molar-refractivity contribution >= 4 is 27.8 Å². The number of hydrogen-bond acceptors (Lipinski definition) is 1. The molecule has 1 nitrogen and oxygen atoms in total. The van der Waals surface area contributed by atoms with Crippen LogP contribution in [0.5, 0.6) is 0 Å². The van der Waals surface area contributed by atoms with Crippen molar-refractivity contribution in [2.45, 2.75) is 24.7 Å². The monoisotopic (exact) mass is 727 g/mol. The first-order valence-corrected chi connectivity index (χ1v) is 20.0. The van der Waals surface area contributed by atoms with E-state index in [1.807, 2.05) is 0 Å². The quantitative estimate of drug-likeness (QED) is 0.165. The zero-order valence-electron chi connectivity index (χ0n) is 32.2. The van der Waals surface area contributed by atoms with Gasteiger partial charge in [-0.1, -0.05) is 178 Å². The summed E-state index contributed by atoms with van der Waals surface area (Å²) in [4.78, 5) is 2.41. The van der Waals surface area contributed by atoms with Gasteiger partial charge in [0.15, 0.2) is 0 Å². The van der Waals surface area contributed by atoms with Crippen LogP contribution in [-0.4, -0.2) is 0 Å². The number of hydrogen-bond donors (Lipinski definition) is 0. The van der Waals surface area contributed by atoms with Gasteiger partial charge in [0.1, 0.15) is 0 Å². The number of fused-ring (bicyclic) bond motifs is 7. The molecule has 57 heavy (non-hydrogen) atoms. The van der Waals surface area contributed by atoms with Gasteiger partial charge in [0.25, 0.3) is 0 Å². The van der Waals surface area contributed by atoms with Crippen LogP contribution < -0.4 is 4.90 Å². The summed E-state index contributed by atoms with van der Waals surface area (Å²) in [5.41, 5.74) is 18.5. The maximum absolute atomic E-state index is 2.44. The largest absolute Gasteiger partial charge is 0.310 e. The van der Waals surface area contributed by atoms with Crippen molar-refractivity contribution in [1.82, 2.24) is 0 Å². The number of rotatable bonds is 6. The van der Waals surface area contributed by atoms with E-state index >= 15 is 0 Å². The smallest absolute Gasteiger partial charge is 0.0713 e. The maximum atomic E-state index is 2.44. The molecule has 0 radical (unpaired) electrons. The lowest BCUT2D eigenvalue weighted by molar-refractivity contribution is 0.661. The summed E-state index contributed by atoms with van der Waals surface area (Å²) in [7, 11) is 0. The van der Waals surface area contributed by atoms with Gasteiger partial charge in [-0.05, 0) is 126 Å². The SMILES string of the molecule is CC1(C)c2ccccc2-c2cc3ccc(N(c4ccc(-c5ccccc5)cc4)c4ccc(C5(c6ccccc6)c6ccccc6-c6ccccc65)cc4)cc3cc21. The van der Waals surface area contributed by atoms with Crippen molar-refractivity contribution in [2.24, 2.45) is 0 Å². The van der Waals surface area contributed by atoms with Gasteiger partial charge in [-0.15, -0.1) is 0 Å². The highest BCUT2D eigenvalue weighted by Gasteiger charge is 2.45. The molecule has 270 valence electrons. The molecular weight excluding hydrogens is 687 g/mol. The van der Waals surface area contributed by atoms with E-state index in [-0.39, 0.29) is 5.41 Å². The molecule has 0 unspecified atom stereocenters. The fraction of sp³-hybridized carbons (Fsp3) is 0.0714. The second-order valence-electron chi connectivity index (χ2n) is 16.1. The minimum absolute atomic E-state index is 0.0644. The van der Waals surface area contributed by atoms with Crippen molar-refractivity contribution in [2.75, 3.05) is 4.90 Å². The molecule has 0 N–H and O–H groups in total. The molecule has 0 atom stereocenters. The van der Waals surface area contributed by atoms with E-state index in [1.54, 1.807) is 0 Å². The number of benzene rings is 9. The fourth-order valence-electron chi connectivity index (χ4n) is 10.0. The van der Waals surface area contributed by atoms with Crippen LogP contribution >= 0.6 is 0 Å². The fourth-order valence-corrected chi connectivity index (χ4v) is 10.0. The summed E-state index contributed by atoms with van der Waals surface area (Å²) >= 11 is 0. The zero-order chi connectivity index (χ0) is 38.1. The highest BCUT2D eigenvalue weighted by Crippen LogP contribution is 2.56. The first-order chi connectivity index (χ1) is 28.0. The molecule has 1 heteroatoms. The Hall–Kier alpha value is -6.96. The molecule has 0 amide bonds. The van der Waals surface area contributed by atoms with E-state index in [0.717, 1.165) is 17.1 Å². The van der Waals surface area contributed by atoms with Gasteiger partial charge in [0.05, 0.1) is 5.41 Å². The third-order valence-electron chi connectivity index (χ3n) is 12.7. The van der Waals surface area contributed by atoms with Gasteiger partial charge in [-0.25, -0.2) is 0 Å². The lowest BCUT2D eigenvalue weighted by Gasteiger charge is -2.34. The van der Waals surface area contributed by atoms with Crippen LogP contribution in [0.4, 0.5) is 17.1 Å². The molecular formula is C56H41N. The topological polar surface area (TPSA) is 3.24 Å². The highest BCUT2D eigenvalue weighted by molar-refractivity contribution is 5.96. The minimum atomic E-state index is -0.442. The third-order valence-corrected chi connectivity index (χ3v) is 12.7. The van der Waals surface area contributed by atoms with Crippen molar-refractivity contribution in [3.8, 4) is 33.4 Å². The molecule has 0 aliphatic heterocycles. The van der Waals surface area contributed by atoms with Crippen LogP contribution in [0.15, 0.2) is 212 Å². The normalized spacial score (nSPS) is 14.1. The Morgan fingerprint density at radius 3 is 1.42 bits per heavy atom. The van der Waals surface area contributed by atoms with Gasteiger partial charge in [0, 0.05) is 22.5 Å². The molecule has 2 aliphatic carbocycles. The summed E-state index contributed by atoms with van der Waals surface area (Å²) in [6.07, 6.45) is 0. The van der Waals surface area contributed by atoms with E-state index in [9.17, 15) is 0 Å². The Kier molecular flexibility index (Phi) is 7.50. The van der Waals surface area contributed by atoms with Crippen LogP contribution in [0, 0.1) is 0 Å². The van der Waals surface area contributed by atoms with E-state index in [1.165, 1.54) is 77.5 Å². The van der Waals surface area contributed by atoms with Crippen LogP contribution in [-0.2, 0) is 10.8 Å².